The average molecular weight is 1310 g/mol. The summed E-state index contributed by atoms with van der Waals surface area (Å²) < 4.78 is 49.9. The minimum Gasteiger partial charge on any atom is -0.870 e. The van der Waals surface area contributed by atoms with E-state index in [0.29, 0.717) is 71.4 Å². The first-order valence-electron chi connectivity index (χ1n) is 30.4. The van der Waals surface area contributed by atoms with Crippen LogP contribution in [0, 0.1) is 10.8 Å². The zero-order valence-electron chi connectivity index (χ0n) is 53.7. The van der Waals surface area contributed by atoms with E-state index < -0.39 is 0 Å². The van der Waals surface area contributed by atoms with Gasteiger partial charge in [0.05, 0.1) is 28.4 Å². The molecule has 0 aromatic heterocycles. The van der Waals surface area contributed by atoms with Crippen molar-refractivity contribution in [3.8, 4) is 46.0 Å². The number of hydrogen-bond donors (Lipinski definition) is 4. The van der Waals surface area contributed by atoms with Crippen LogP contribution >= 0.6 is 0 Å². The van der Waals surface area contributed by atoms with Gasteiger partial charge in [0.1, 0.15) is 23.0 Å². The van der Waals surface area contributed by atoms with Gasteiger partial charge in [0.2, 0.25) is 0 Å². The monoisotopic (exact) mass is 1300 g/mol. The van der Waals surface area contributed by atoms with E-state index in [0.717, 1.165) is 105 Å². The van der Waals surface area contributed by atoms with E-state index in [1.807, 2.05) is 48.5 Å². The molecular formula is C66H104N4O14Zn2. The molecule has 6 aliphatic rings. The molecule has 0 saturated carbocycles. The van der Waals surface area contributed by atoms with Gasteiger partial charge in [-0.1, -0.05) is 99.2 Å². The molecule has 20 heteroatoms. The Morgan fingerprint density at radius 3 is 0.605 bits per heavy atom. The SMILES string of the molecule is C1CCOC1.C1CCOC1.C1CCOC1.C1CCOC1.C1CCOC1.C1CCOC1.COc1cccc(CNCC(C)(C)CNCc2cccc(OC)c2[O-])c1[O-].COc1cccc(CNCC(C)(C)CNCc2cccc(OC)c2[O-])c1[O-].[Zn+2].[Zn+2]. The standard InChI is InChI=1S/2C21H30N2O4.6C4H8O.2Zn/c2*1-21(2,13-22-11-15-7-5-9-17(26-3)19(15)24)14-23-12-16-8-6-10-18(27-4)20(16)25;6*1-2-4-5-3-1;;/h2*5-10,22-25H,11-14H2,1-4H3;6*1-4H2;;/q;;;;;;;;2*+2/p-4. The number of para-hydroxylation sites is 4. The Morgan fingerprint density at radius 2 is 0.477 bits per heavy atom. The van der Waals surface area contributed by atoms with E-state index in [1.165, 1.54) is 105 Å². The van der Waals surface area contributed by atoms with Crippen molar-refractivity contribution in [1.29, 1.82) is 0 Å². The summed E-state index contributed by atoms with van der Waals surface area (Å²) in [7, 11) is 5.99. The molecule has 0 aliphatic carbocycles. The number of rotatable bonds is 20. The van der Waals surface area contributed by atoms with Crippen molar-refractivity contribution in [3.63, 3.8) is 0 Å². The molecule has 4 aromatic rings. The number of benzene rings is 4. The third kappa shape index (κ3) is 36.0. The minimum atomic E-state index is -0.0792. The molecule has 0 bridgehead atoms. The van der Waals surface area contributed by atoms with E-state index in [9.17, 15) is 20.4 Å². The van der Waals surface area contributed by atoms with Crippen molar-refractivity contribution in [2.45, 2.75) is 131 Å². The van der Waals surface area contributed by atoms with Crippen molar-refractivity contribution in [3.05, 3.63) is 95.1 Å². The summed E-state index contributed by atoms with van der Waals surface area (Å²) in [4.78, 5) is 0. The van der Waals surface area contributed by atoms with Crippen LogP contribution in [-0.4, -0.2) is 134 Å². The van der Waals surface area contributed by atoms with Gasteiger partial charge in [-0.3, -0.25) is 0 Å². The molecule has 0 unspecified atom stereocenters. The molecule has 18 nitrogen and oxygen atoms in total. The molecule has 0 amide bonds. The van der Waals surface area contributed by atoms with Gasteiger partial charge in [0, 0.05) is 132 Å². The van der Waals surface area contributed by atoms with Crippen LogP contribution in [0.15, 0.2) is 72.8 Å². The molecule has 4 aromatic carbocycles. The second-order valence-electron chi connectivity index (χ2n) is 22.5. The second kappa shape index (κ2) is 49.9. The van der Waals surface area contributed by atoms with Crippen LogP contribution in [0.5, 0.6) is 46.0 Å². The second-order valence-corrected chi connectivity index (χ2v) is 22.5. The maximum absolute atomic E-state index is 12.2. The Balaban J connectivity index is 0.000000567. The summed E-state index contributed by atoms with van der Waals surface area (Å²) >= 11 is 0. The van der Waals surface area contributed by atoms with Crippen LogP contribution in [0.25, 0.3) is 0 Å². The molecule has 10 rings (SSSR count). The van der Waals surface area contributed by atoms with Gasteiger partial charge in [0.25, 0.3) is 0 Å². The predicted molar refractivity (Wildman–Crippen MR) is 324 cm³/mol. The van der Waals surface area contributed by atoms with Gasteiger partial charge in [-0.2, -0.15) is 0 Å². The Morgan fingerprint density at radius 1 is 0.314 bits per heavy atom. The molecule has 4 N–H and O–H groups in total. The number of nitrogens with one attached hydrogen (secondary N) is 4. The maximum Gasteiger partial charge on any atom is 2.00 e. The van der Waals surface area contributed by atoms with E-state index in [4.69, 9.17) is 47.4 Å². The van der Waals surface area contributed by atoms with Gasteiger partial charge in [-0.15, -0.1) is 0 Å². The van der Waals surface area contributed by atoms with Gasteiger partial charge >= 0.3 is 39.0 Å². The van der Waals surface area contributed by atoms with Crippen molar-refractivity contribution in [2.24, 2.45) is 10.8 Å². The van der Waals surface area contributed by atoms with Crippen LogP contribution < -0.4 is 60.6 Å². The van der Waals surface area contributed by atoms with E-state index in [-0.39, 0.29) is 72.8 Å². The topological polar surface area (TPSA) is 233 Å². The predicted octanol–water partition coefficient (Wildman–Crippen LogP) is 8.29. The van der Waals surface area contributed by atoms with Crippen molar-refractivity contribution in [2.75, 3.05) is 134 Å². The van der Waals surface area contributed by atoms with Crippen LogP contribution in [-0.2, 0) is 93.6 Å². The van der Waals surface area contributed by atoms with Gasteiger partial charge < -0.3 is 89.1 Å². The molecule has 0 radical (unpaired) electrons. The molecule has 0 spiro atoms. The Labute approximate surface area is 541 Å². The summed E-state index contributed by atoms with van der Waals surface area (Å²) in [5.41, 5.74) is 2.64. The number of ether oxygens (including phenoxy) is 10. The van der Waals surface area contributed by atoms with Crippen LogP contribution in [0.4, 0.5) is 0 Å². The Bertz CT molecular complexity index is 1900. The fraction of sp³-hybridized carbons (Fsp3) is 0.636. The molecule has 86 heavy (non-hydrogen) atoms. The Kier molecular flexibility index (Phi) is 46.5. The van der Waals surface area contributed by atoms with Crippen LogP contribution in [0.1, 0.15) is 127 Å². The first-order valence-corrected chi connectivity index (χ1v) is 30.4. The summed E-state index contributed by atoms with van der Waals surface area (Å²) in [6.45, 7) is 25.3. The van der Waals surface area contributed by atoms with Crippen molar-refractivity contribution in [1.82, 2.24) is 21.3 Å². The minimum absolute atomic E-state index is 0. The first kappa shape index (κ1) is 80.1. The quantitative estimate of drug-likeness (QED) is 0.0610. The number of hydrogen-bond acceptors (Lipinski definition) is 18. The van der Waals surface area contributed by atoms with Gasteiger partial charge in [-0.05, 0) is 134 Å². The average Bonchev–Trinajstić information content (AvgIpc) is 4.50. The largest absolute Gasteiger partial charge is 2.00 e. The molecule has 6 saturated heterocycles. The summed E-state index contributed by atoms with van der Waals surface area (Å²) in [6, 6.07) is 21.2. The third-order valence-electron chi connectivity index (χ3n) is 13.8. The van der Waals surface area contributed by atoms with E-state index in [1.54, 1.807) is 24.3 Å². The number of methoxy groups -OCH3 is 4. The Hall–Kier alpha value is -3.87. The van der Waals surface area contributed by atoms with E-state index in [2.05, 4.69) is 49.0 Å². The maximum atomic E-state index is 12.2. The summed E-state index contributed by atoms with van der Waals surface area (Å²) in [5, 5.41) is 61.9. The fourth-order valence-electron chi connectivity index (χ4n) is 8.77. The van der Waals surface area contributed by atoms with Crippen LogP contribution in [0.3, 0.4) is 0 Å². The van der Waals surface area contributed by atoms with Gasteiger partial charge in [-0.25, -0.2) is 0 Å². The molecular weight excluding hydrogens is 1200 g/mol. The van der Waals surface area contributed by atoms with Crippen LogP contribution in [0.2, 0.25) is 0 Å². The van der Waals surface area contributed by atoms with Gasteiger partial charge in [0.15, 0.2) is 0 Å². The third-order valence-corrected chi connectivity index (χ3v) is 13.8. The van der Waals surface area contributed by atoms with E-state index >= 15 is 0 Å². The summed E-state index contributed by atoms with van der Waals surface area (Å²) in [5.74, 6) is 1.13. The fourth-order valence-corrected chi connectivity index (χ4v) is 8.77. The molecule has 6 aliphatic heterocycles. The zero-order chi connectivity index (χ0) is 60.9. The molecule has 6 fully saturated rings. The molecule has 476 valence electrons. The first-order chi connectivity index (χ1) is 40.8. The zero-order valence-corrected chi connectivity index (χ0v) is 59.6. The van der Waals surface area contributed by atoms with Crippen molar-refractivity contribution < 1.29 is 107 Å². The molecule has 0 atom stereocenters. The van der Waals surface area contributed by atoms with Crippen molar-refractivity contribution >= 4 is 0 Å². The summed E-state index contributed by atoms with van der Waals surface area (Å²) in [6.07, 6.45) is 15.3. The smallest absolute Gasteiger partial charge is 0.870 e. The molecule has 6 heterocycles. The normalized spacial score (nSPS) is 15.5.